The summed E-state index contributed by atoms with van der Waals surface area (Å²) in [6.45, 7) is 1.61. The molecule has 0 aliphatic heterocycles. The summed E-state index contributed by atoms with van der Waals surface area (Å²) in [6, 6.07) is 4.39. The molecule has 25 heavy (non-hydrogen) atoms. The van der Waals surface area contributed by atoms with Gasteiger partial charge in [0.05, 0.1) is 18.4 Å². The van der Waals surface area contributed by atoms with E-state index in [1.807, 2.05) is 0 Å². The van der Waals surface area contributed by atoms with Gasteiger partial charge in [-0.3, -0.25) is 10.1 Å². The molecule has 1 aromatic heterocycles. The summed E-state index contributed by atoms with van der Waals surface area (Å²) >= 11 is 0.970. The van der Waals surface area contributed by atoms with Crippen molar-refractivity contribution in [3.05, 3.63) is 52.0 Å². The lowest BCUT2D eigenvalue weighted by molar-refractivity contribution is -0.137. The summed E-state index contributed by atoms with van der Waals surface area (Å²) in [4.78, 5) is 27.7. The lowest BCUT2D eigenvalue weighted by Gasteiger charge is -2.05. The maximum Gasteiger partial charge on any atom is 0.416 e. The van der Waals surface area contributed by atoms with Gasteiger partial charge in [0.2, 0.25) is 5.91 Å². The molecule has 0 radical (unpaired) electrons. The van der Waals surface area contributed by atoms with Crippen molar-refractivity contribution in [2.24, 2.45) is 0 Å². The first kappa shape index (κ1) is 18.7. The number of amides is 1. The molecular weight excluding hydrogens is 357 g/mol. The molecule has 1 aromatic carbocycles. The third-order valence-corrected chi connectivity index (χ3v) is 4.12. The van der Waals surface area contributed by atoms with Crippen LogP contribution < -0.4 is 5.32 Å². The molecular formula is C16H13F3N2O3S. The number of methoxy groups -OCH3 is 1. The lowest BCUT2D eigenvalue weighted by atomic mass is 10.1. The average molecular weight is 370 g/mol. The van der Waals surface area contributed by atoms with Gasteiger partial charge >= 0.3 is 12.1 Å². The van der Waals surface area contributed by atoms with E-state index in [4.69, 9.17) is 0 Å². The second-order valence-electron chi connectivity index (χ2n) is 4.87. The Morgan fingerprint density at radius 1 is 1.24 bits per heavy atom. The highest BCUT2D eigenvalue weighted by atomic mass is 32.1. The van der Waals surface area contributed by atoms with Crippen LogP contribution in [0.2, 0.25) is 0 Å². The molecule has 9 heteroatoms. The molecule has 0 saturated carbocycles. The van der Waals surface area contributed by atoms with Crippen LogP contribution in [0.1, 0.15) is 26.5 Å². The molecule has 5 nitrogen and oxygen atoms in total. The number of nitrogens with zero attached hydrogens (tertiary/aromatic N) is 1. The van der Waals surface area contributed by atoms with Gasteiger partial charge < -0.3 is 4.74 Å². The fraction of sp³-hybridized carbons (Fsp3) is 0.188. The second-order valence-corrected chi connectivity index (χ2v) is 5.87. The number of ether oxygens (including phenoxy) is 1. The van der Waals surface area contributed by atoms with Crippen molar-refractivity contribution in [2.75, 3.05) is 12.4 Å². The Morgan fingerprint density at radius 2 is 1.88 bits per heavy atom. The van der Waals surface area contributed by atoms with Gasteiger partial charge in [-0.05, 0) is 30.7 Å². The first-order chi connectivity index (χ1) is 11.7. The van der Waals surface area contributed by atoms with Crippen LogP contribution in [0, 0.1) is 6.92 Å². The van der Waals surface area contributed by atoms with Crippen molar-refractivity contribution in [3.63, 3.8) is 0 Å². The first-order valence-corrected chi connectivity index (χ1v) is 7.74. The number of carbonyl (C=O) groups excluding carboxylic acids is 2. The molecule has 0 aliphatic rings. The van der Waals surface area contributed by atoms with Crippen LogP contribution in [0.4, 0.5) is 18.3 Å². The lowest BCUT2D eigenvalue weighted by Crippen LogP contribution is -2.07. The molecule has 0 unspecified atom stereocenters. The number of carbonyl (C=O) groups is 2. The standard InChI is InChI=1S/C16H13F3N2O3S/c1-9-13(14(23)24-2)25-15(20-9)21-12(22)8-5-10-3-6-11(7-4-10)16(17,18)19/h3-8H,1-2H3,(H,20,21,22)/b8-5+. The van der Waals surface area contributed by atoms with Crippen LogP contribution in [-0.2, 0) is 15.7 Å². The Morgan fingerprint density at radius 3 is 2.44 bits per heavy atom. The number of nitrogens with one attached hydrogen (secondary N) is 1. The number of aromatic nitrogens is 1. The Kier molecular flexibility index (Phi) is 5.58. The van der Waals surface area contributed by atoms with Crippen molar-refractivity contribution in [1.29, 1.82) is 0 Å². The van der Waals surface area contributed by atoms with Crippen molar-refractivity contribution in [2.45, 2.75) is 13.1 Å². The van der Waals surface area contributed by atoms with Crippen LogP contribution in [-0.4, -0.2) is 24.0 Å². The molecule has 132 valence electrons. The monoisotopic (exact) mass is 370 g/mol. The predicted molar refractivity (Wildman–Crippen MR) is 87.3 cm³/mol. The normalized spacial score (nSPS) is 11.6. The number of esters is 1. The molecule has 1 amide bonds. The Balaban J connectivity index is 2.02. The van der Waals surface area contributed by atoms with Crippen LogP contribution in [0.15, 0.2) is 30.3 Å². The summed E-state index contributed by atoms with van der Waals surface area (Å²) in [7, 11) is 1.24. The van der Waals surface area contributed by atoms with Crippen LogP contribution in [0.5, 0.6) is 0 Å². The fourth-order valence-electron chi connectivity index (χ4n) is 1.83. The van der Waals surface area contributed by atoms with E-state index in [0.717, 1.165) is 29.5 Å². The number of alkyl halides is 3. The van der Waals surface area contributed by atoms with E-state index in [-0.39, 0.29) is 10.0 Å². The third kappa shape index (κ3) is 4.90. The zero-order valence-electron chi connectivity index (χ0n) is 13.2. The van der Waals surface area contributed by atoms with Gasteiger partial charge in [-0.1, -0.05) is 23.5 Å². The predicted octanol–water partition coefficient (Wildman–Crippen LogP) is 3.91. The number of anilines is 1. The van der Waals surface area contributed by atoms with Gasteiger partial charge in [0.15, 0.2) is 5.13 Å². The highest BCUT2D eigenvalue weighted by Gasteiger charge is 2.29. The van der Waals surface area contributed by atoms with E-state index >= 15 is 0 Å². The Bertz CT molecular complexity index is 811. The SMILES string of the molecule is COC(=O)c1sc(NC(=O)/C=C/c2ccc(C(F)(F)F)cc2)nc1C. The molecule has 2 rings (SSSR count). The summed E-state index contributed by atoms with van der Waals surface area (Å²) in [5.74, 6) is -1.07. The fourth-order valence-corrected chi connectivity index (χ4v) is 2.72. The molecule has 0 fully saturated rings. The molecule has 1 N–H and O–H groups in total. The summed E-state index contributed by atoms with van der Waals surface area (Å²) in [5.41, 5.74) is 0.107. The van der Waals surface area contributed by atoms with Crippen LogP contribution in [0.3, 0.4) is 0 Å². The van der Waals surface area contributed by atoms with Gasteiger partial charge in [-0.25, -0.2) is 9.78 Å². The zero-order valence-corrected chi connectivity index (χ0v) is 14.0. The van der Waals surface area contributed by atoms with Crippen molar-refractivity contribution < 1.29 is 27.5 Å². The molecule has 0 atom stereocenters. The largest absolute Gasteiger partial charge is 0.465 e. The number of aryl methyl sites for hydroxylation is 1. The zero-order chi connectivity index (χ0) is 18.6. The number of hydrogen-bond acceptors (Lipinski definition) is 5. The molecule has 0 spiro atoms. The van der Waals surface area contributed by atoms with E-state index in [9.17, 15) is 22.8 Å². The molecule has 0 aliphatic carbocycles. The molecule has 1 heterocycles. The summed E-state index contributed by atoms with van der Waals surface area (Å²) in [6.07, 6.45) is -1.87. The van der Waals surface area contributed by atoms with Crippen molar-refractivity contribution in [3.8, 4) is 0 Å². The number of thiazole rings is 1. The van der Waals surface area contributed by atoms with Gasteiger partial charge in [-0.2, -0.15) is 13.2 Å². The van der Waals surface area contributed by atoms with Gasteiger partial charge in [-0.15, -0.1) is 0 Å². The maximum atomic E-state index is 12.5. The van der Waals surface area contributed by atoms with E-state index in [2.05, 4.69) is 15.0 Å². The Labute approximate surface area is 145 Å². The number of halogens is 3. The van der Waals surface area contributed by atoms with Crippen molar-refractivity contribution >= 4 is 34.4 Å². The molecule has 2 aromatic rings. The minimum atomic E-state index is -4.40. The van der Waals surface area contributed by atoms with E-state index in [1.54, 1.807) is 6.92 Å². The third-order valence-electron chi connectivity index (χ3n) is 3.06. The van der Waals surface area contributed by atoms with Crippen molar-refractivity contribution in [1.82, 2.24) is 4.98 Å². The minimum Gasteiger partial charge on any atom is -0.465 e. The first-order valence-electron chi connectivity index (χ1n) is 6.93. The molecule has 0 saturated heterocycles. The maximum absolute atomic E-state index is 12.5. The topological polar surface area (TPSA) is 68.3 Å². The molecule has 0 bridgehead atoms. The van der Waals surface area contributed by atoms with Crippen LogP contribution >= 0.6 is 11.3 Å². The quantitative estimate of drug-likeness (QED) is 0.655. The average Bonchev–Trinajstić information content (AvgIpc) is 2.92. The number of rotatable bonds is 4. The highest BCUT2D eigenvalue weighted by molar-refractivity contribution is 7.17. The number of hydrogen-bond donors (Lipinski definition) is 1. The van der Waals surface area contributed by atoms with Gasteiger partial charge in [0, 0.05) is 6.08 Å². The number of benzene rings is 1. The van der Waals surface area contributed by atoms with Gasteiger partial charge in [0.25, 0.3) is 0 Å². The second kappa shape index (κ2) is 7.47. The van der Waals surface area contributed by atoms with E-state index in [0.29, 0.717) is 11.3 Å². The Hall–Kier alpha value is -2.68. The van der Waals surface area contributed by atoms with E-state index in [1.165, 1.54) is 25.3 Å². The highest BCUT2D eigenvalue weighted by Crippen LogP contribution is 2.29. The summed E-state index contributed by atoms with van der Waals surface area (Å²) in [5, 5.41) is 2.70. The smallest absolute Gasteiger partial charge is 0.416 e. The summed E-state index contributed by atoms with van der Waals surface area (Å²) < 4.78 is 42.0. The van der Waals surface area contributed by atoms with E-state index < -0.39 is 23.6 Å². The van der Waals surface area contributed by atoms with Gasteiger partial charge in [0.1, 0.15) is 4.88 Å². The van der Waals surface area contributed by atoms with Crippen LogP contribution in [0.25, 0.3) is 6.08 Å². The minimum absolute atomic E-state index is 0.222.